The van der Waals surface area contributed by atoms with Crippen LogP contribution < -0.4 is 0 Å². The Bertz CT molecular complexity index is 439. The molecule has 0 aliphatic carbocycles. The number of rotatable bonds is 2. The first-order chi connectivity index (χ1) is 7.70. The number of benzene rings is 1. The Hall–Kier alpha value is -2.10. The van der Waals surface area contributed by atoms with Gasteiger partial charge in [-0.15, -0.1) is 0 Å². The number of hydrogen-bond donors (Lipinski definition) is 0. The average Bonchev–Trinajstić information content (AvgIpc) is 2.75. The normalized spacial score (nSPS) is 14.8. The zero-order valence-corrected chi connectivity index (χ0v) is 8.68. The van der Waals surface area contributed by atoms with Crippen LogP contribution in [0.25, 0.3) is 5.57 Å². The van der Waals surface area contributed by atoms with Crippen LogP contribution in [-0.2, 0) is 9.53 Å². The molecule has 1 fully saturated rings. The highest BCUT2D eigenvalue weighted by Gasteiger charge is 2.29. The Balaban J connectivity index is 2.17. The van der Waals surface area contributed by atoms with Crippen molar-refractivity contribution in [1.29, 1.82) is 0 Å². The fourth-order valence-corrected chi connectivity index (χ4v) is 1.50. The van der Waals surface area contributed by atoms with E-state index in [2.05, 4.69) is 6.58 Å². The van der Waals surface area contributed by atoms with Crippen LogP contribution in [0.2, 0.25) is 0 Å². The molecule has 1 aliphatic heterocycles. The van der Waals surface area contributed by atoms with Crippen molar-refractivity contribution in [2.45, 2.75) is 0 Å². The first kappa shape index (κ1) is 10.4. The van der Waals surface area contributed by atoms with Gasteiger partial charge in [-0.1, -0.05) is 36.9 Å². The van der Waals surface area contributed by atoms with Gasteiger partial charge in [-0.05, 0) is 5.56 Å². The Morgan fingerprint density at radius 2 is 2.00 bits per heavy atom. The molecular formula is C12H11NO3. The molecule has 0 unspecified atom stereocenters. The molecule has 4 heteroatoms. The predicted octanol–water partition coefficient (Wildman–Crippen LogP) is 1.68. The maximum absolute atomic E-state index is 11.9. The molecule has 1 heterocycles. The van der Waals surface area contributed by atoms with Gasteiger partial charge < -0.3 is 4.74 Å². The molecule has 0 atom stereocenters. The summed E-state index contributed by atoms with van der Waals surface area (Å²) in [7, 11) is 0. The molecule has 1 aromatic rings. The largest absolute Gasteiger partial charge is 0.447 e. The summed E-state index contributed by atoms with van der Waals surface area (Å²) in [4.78, 5) is 24.1. The minimum atomic E-state index is -0.595. The van der Waals surface area contributed by atoms with Crippen LogP contribution in [0.1, 0.15) is 5.56 Å². The second kappa shape index (κ2) is 4.18. The van der Waals surface area contributed by atoms with Gasteiger partial charge in [0.25, 0.3) is 5.91 Å². The fraction of sp³-hybridized carbons (Fsp3) is 0.167. The van der Waals surface area contributed by atoms with E-state index in [0.29, 0.717) is 17.7 Å². The van der Waals surface area contributed by atoms with E-state index in [1.165, 1.54) is 0 Å². The molecule has 0 aromatic heterocycles. The molecule has 16 heavy (non-hydrogen) atoms. The van der Waals surface area contributed by atoms with Crippen molar-refractivity contribution in [2.24, 2.45) is 0 Å². The molecule has 0 radical (unpaired) electrons. The third-order valence-corrected chi connectivity index (χ3v) is 2.39. The number of cyclic esters (lactones) is 1. The van der Waals surface area contributed by atoms with Crippen LogP contribution in [0.4, 0.5) is 4.79 Å². The fourth-order valence-electron chi connectivity index (χ4n) is 1.50. The van der Waals surface area contributed by atoms with Crippen LogP contribution in [0.15, 0.2) is 36.9 Å². The van der Waals surface area contributed by atoms with E-state index in [9.17, 15) is 9.59 Å². The standard InChI is InChI=1S/C12H11NO3/c1-9(10-5-3-2-4-6-10)11(14)13-7-8-16-12(13)15/h2-6H,1,7-8H2. The van der Waals surface area contributed by atoms with E-state index in [1.54, 1.807) is 12.1 Å². The summed E-state index contributed by atoms with van der Waals surface area (Å²) >= 11 is 0. The van der Waals surface area contributed by atoms with Gasteiger partial charge in [-0.2, -0.15) is 0 Å². The maximum Gasteiger partial charge on any atom is 0.416 e. The van der Waals surface area contributed by atoms with Crippen LogP contribution in [0, 0.1) is 0 Å². The summed E-state index contributed by atoms with van der Waals surface area (Å²) in [5, 5.41) is 0. The predicted molar refractivity (Wildman–Crippen MR) is 58.5 cm³/mol. The zero-order chi connectivity index (χ0) is 11.5. The van der Waals surface area contributed by atoms with E-state index in [-0.39, 0.29) is 6.61 Å². The minimum absolute atomic E-state index is 0.257. The van der Waals surface area contributed by atoms with Crippen molar-refractivity contribution in [2.75, 3.05) is 13.2 Å². The quantitative estimate of drug-likeness (QED) is 0.708. The highest BCUT2D eigenvalue weighted by atomic mass is 16.6. The molecule has 82 valence electrons. The Kier molecular flexibility index (Phi) is 2.72. The van der Waals surface area contributed by atoms with Gasteiger partial charge in [0.1, 0.15) is 6.61 Å². The van der Waals surface area contributed by atoms with Gasteiger partial charge in [-0.25, -0.2) is 9.69 Å². The second-order valence-corrected chi connectivity index (χ2v) is 3.42. The van der Waals surface area contributed by atoms with E-state index in [1.807, 2.05) is 18.2 Å². The van der Waals surface area contributed by atoms with Gasteiger partial charge in [0.05, 0.1) is 6.54 Å². The Labute approximate surface area is 93.1 Å². The number of carbonyl (C=O) groups excluding carboxylic acids is 2. The molecule has 2 amide bonds. The molecule has 2 rings (SSSR count). The van der Waals surface area contributed by atoms with Crippen molar-refractivity contribution >= 4 is 17.6 Å². The molecular weight excluding hydrogens is 206 g/mol. The highest BCUT2D eigenvalue weighted by molar-refractivity contribution is 6.22. The summed E-state index contributed by atoms with van der Waals surface area (Å²) in [6.07, 6.45) is -0.595. The van der Waals surface area contributed by atoms with E-state index < -0.39 is 12.0 Å². The second-order valence-electron chi connectivity index (χ2n) is 3.42. The number of amides is 2. The number of ether oxygens (including phenoxy) is 1. The van der Waals surface area contributed by atoms with E-state index in [4.69, 9.17) is 4.74 Å². The SMILES string of the molecule is C=C(C(=O)N1CCOC1=O)c1ccccc1. The summed E-state index contributed by atoms with van der Waals surface area (Å²) in [5.74, 6) is -0.395. The van der Waals surface area contributed by atoms with Crippen LogP contribution >= 0.6 is 0 Å². The van der Waals surface area contributed by atoms with Crippen molar-refractivity contribution in [1.82, 2.24) is 4.90 Å². The lowest BCUT2D eigenvalue weighted by molar-refractivity contribution is -0.121. The maximum atomic E-state index is 11.9. The number of carbonyl (C=O) groups is 2. The molecule has 4 nitrogen and oxygen atoms in total. The van der Waals surface area contributed by atoms with Gasteiger partial charge in [0.2, 0.25) is 0 Å². The first-order valence-electron chi connectivity index (χ1n) is 4.93. The molecule has 1 aromatic carbocycles. The van der Waals surface area contributed by atoms with Crippen molar-refractivity contribution in [3.05, 3.63) is 42.5 Å². The smallest absolute Gasteiger partial charge is 0.416 e. The van der Waals surface area contributed by atoms with Crippen LogP contribution in [0.3, 0.4) is 0 Å². The van der Waals surface area contributed by atoms with Crippen molar-refractivity contribution in [3.63, 3.8) is 0 Å². The monoisotopic (exact) mass is 217 g/mol. The van der Waals surface area contributed by atoms with Crippen LogP contribution in [0.5, 0.6) is 0 Å². The van der Waals surface area contributed by atoms with Gasteiger partial charge in [-0.3, -0.25) is 4.79 Å². The first-order valence-corrected chi connectivity index (χ1v) is 4.93. The minimum Gasteiger partial charge on any atom is -0.447 e. The Morgan fingerprint density at radius 1 is 1.31 bits per heavy atom. The lowest BCUT2D eigenvalue weighted by atomic mass is 10.1. The Morgan fingerprint density at radius 3 is 2.56 bits per heavy atom. The molecule has 0 bridgehead atoms. The van der Waals surface area contributed by atoms with E-state index >= 15 is 0 Å². The van der Waals surface area contributed by atoms with Gasteiger partial charge >= 0.3 is 6.09 Å². The summed E-state index contributed by atoms with van der Waals surface area (Å²) in [6.45, 7) is 4.26. The lowest BCUT2D eigenvalue weighted by Crippen LogP contribution is -2.32. The molecule has 0 N–H and O–H groups in total. The zero-order valence-electron chi connectivity index (χ0n) is 8.68. The molecule has 1 aliphatic rings. The van der Waals surface area contributed by atoms with Crippen molar-refractivity contribution < 1.29 is 14.3 Å². The molecule has 0 saturated carbocycles. The number of nitrogens with zero attached hydrogens (tertiary/aromatic N) is 1. The van der Waals surface area contributed by atoms with Gasteiger partial charge in [0, 0.05) is 5.57 Å². The highest BCUT2D eigenvalue weighted by Crippen LogP contribution is 2.17. The molecule has 0 spiro atoms. The van der Waals surface area contributed by atoms with Gasteiger partial charge in [0.15, 0.2) is 0 Å². The van der Waals surface area contributed by atoms with Crippen LogP contribution in [-0.4, -0.2) is 30.1 Å². The summed E-state index contributed by atoms with van der Waals surface area (Å²) in [5.41, 5.74) is 1.02. The average molecular weight is 217 g/mol. The lowest BCUT2D eigenvalue weighted by Gasteiger charge is -2.12. The molecule has 1 saturated heterocycles. The van der Waals surface area contributed by atoms with Crippen molar-refractivity contribution in [3.8, 4) is 0 Å². The number of hydrogen-bond acceptors (Lipinski definition) is 3. The number of imide groups is 1. The van der Waals surface area contributed by atoms with E-state index in [0.717, 1.165) is 4.90 Å². The third kappa shape index (κ3) is 1.82. The summed E-state index contributed by atoms with van der Waals surface area (Å²) < 4.78 is 4.70. The topological polar surface area (TPSA) is 46.6 Å². The third-order valence-electron chi connectivity index (χ3n) is 2.39. The summed E-state index contributed by atoms with van der Waals surface area (Å²) in [6, 6.07) is 9.04.